The number of nitrogens with two attached hydrogens (primary N) is 2. The van der Waals surface area contributed by atoms with Crippen LogP contribution in [0.1, 0.15) is 58.1 Å². The molecule has 16 heteroatoms. The molecule has 3 rings (SSSR count). The first-order valence-electron chi connectivity index (χ1n) is 15.6. The van der Waals surface area contributed by atoms with E-state index in [2.05, 4.69) is 15.0 Å². The van der Waals surface area contributed by atoms with Crippen molar-refractivity contribution in [2.75, 3.05) is 45.1 Å². The van der Waals surface area contributed by atoms with E-state index in [0.29, 0.717) is 41.2 Å². The number of ether oxygens (including phenoxy) is 3. The molecule has 0 saturated carbocycles. The van der Waals surface area contributed by atoms with Gasteiger partial charge in [0.25, 0.3) is 0 Å². The molecule has 0 saturated heterocycles. The lowest BCUT2D eigenvalue weighted by molar-refractivity contribution is -0.147. The number of carbonyl (C=O) groups excluding carboxylic acids is 2. The van der Waals surface area contributed by atoms with Crippen LogP contribution in [0.25, 0.3) is 11.2 Å². The molecular weight excluding hydrogens is 634 g/mol. The number of nitrogen functional groups attached to an aromatic ring is 1. The van der Waals surface area contributed by atoms with E-state index in [1.165, 1.54) is 12.4 Å². The topological polar surface area (TPSA) is 193 Å². The number of hydrogen-bond acceptors (Lipinski definition) is 13. The standard InChI is InChI=1S/C31H46FN6O8P/c1-20(2)15-24-8-7-23(16-25(24)32)22(5)30(39)44-13-14-46-47(41,45-11-6-10-43-31(40)26(33)21(3)4)19-42-12-9-38-18-37-27-28(34)35-17-36-29(27)38/h7-8,16-18,20-22,26H,6,9-15,19,33H2,1-5H3,(H2,34,35,36)/t22?,26-,47?/m1/s1. The summed E-state index contributed by atoms with van der Waals surface area (Å²) in [5, 5.41) is 0. The molecule has 0 spiro atoms. The number of anilines is 1. The van der Waals surface area contributed by atoms with Gasteiger partial charge < -0.3 is 39.3 Å². The fraction of sp³-hybridized carbons (Fsp3) is 0.581. The van der Waals surface area contributed by atoms with Crippen molar-refractivity contribution in [3.8, 4) is 0 Å². The highest BCUT2D eigenvalue weighted by atomic mass is 31.2. The molecule has 2 unspecified atom stereocenters. The van der Waals surface area contributed by atoms with Gasteiger partial charge in [-0.2, -0.15) is 0 Å². The fourth-order valence-electron chi connectivity index (χ4n) is 4.34. The van der Waals surface area contributed by atoms with E-state index in [4.69, 9.17) is 34.7 Å². The maximum atomic E-state index is 14.5. The van der Waals surface area contributed by atoms with E-state index < -0.39 is 37.8 Å². The third kappa shape index (κ3) is 11.6. The smallest absolute Gasteiger partial charge is 0.356 e. The number of esters is 2. The van der Waals surface area contributed by atoms with Crippen molar-refractivity contribution < 1.29 is 41.8 Å². The van der Waals surface area contributed by atoms with Gasteiger partial charge in [0, 0.05) is 13.0 Å². The maximum absolute atomic E-state index is 14.5. The third-order valence-corrected chi connectivity index (χ3v) is 8.79. The number of benzene rings is 1. The minimum atomic E-state index is -3.84. The van der Waals surface area contributed by atoms with Crippen molar-refractivity contribution in [3.05, 3.63) is 47.8 Å². The SMILES string of the molecule is CC(C)Cc1ccc(C(C)C(=O)OCCOP(=O)(COCCn2cnc3c(N)ncnc32)OCCCOC(=O)[C@H](N)C(C)C)cc1F. The molecule has 3 aromatic rings. The van der Waals surface area contributed by atoms with Crippen LogP contribution in [-0.4, -0.2) is 76.9 Å². The molecule has 0 aliphatic heterocycles. The maximum Gasteiger partial charge on any atom is 0.356 e. The molecule has 2 aromatic heterocycles. The highest BCUT2D eigenvalue weighted by Gasteiger charge is 2.27. The first kappa shape index (κ1) is 38.0. The largest absolute Gasteiger partial charge is 0.464 e. The highest BCUT2D eigenvalue weighted by Crippen LogP contribution is 2.48. The van der Waals surface area contributed by atoms with Crippen molar-refractivity contribution in [2.24, 2.45) is 17.6 Å². The summed E-state index contributed by atoms with van der Waals surface area (Å²) in [5.41, 5.74) is 13.7. The van der Waals surface area contributed by atoms with Gasteiger partial charge in [-0.3, -0.25) is 14.2 Å². The predicted octanol–water partition coefficient (Wildman–Crippen LogP) is 4.21. The monoisotopic (exact) mass is 680 g/mol. The lowest BCUT2D eigenvalue weighted by Crippen LogP contribution is -2.37. The summed E-state index contributed by atoms with van der Waals surface area (Å²) in [5.74, 6) is -1.75. The van der Waals surface area contributed by atoms with Crippen molar-refractivity contribution in [2.45, 2.75) is 66.0 Å². The lowest BCUT2D eigenvalue weighted by atomic mass is 9.96. The van der Waals surface area contributed by atoms with Gasteiger partial charge in [0.05, 0.1) is 38.7 Å². The molecule has 47 heavy (non-hydrogen) atoms. The van der Waals surface area contributed by atoms with E-state index in [9.17, 15) is 18.5 Å². The molecule has 14 nitrogen and oxygen atoms in total. The summed E-state index contributed by atoms with van der Waals surface area (Å²) in [6, 6.07) is 4.00. The molecule has 0 amide bonds. The van der Waals surface area contributed by atoms with Gasteiger partial charge in [-0.1, -0.05) is 39.8 Å². The van der Waals surface area contributed by atoms with Crippen LogP contribution in [0, 0.1) is 17.7 Å². The average molecular weight is 681 g/mol. The Morgan fingerprint density at radius 1 is 0.957 bits per heavy atom. The van der Waals surface area contributed by atoms with E-state index in [-0.39, 0.29) is 57.0 Å². The summed E-state index contributed by atoms with van der Waals surface area (Å²) in [7, 11) is -3.84. The molecule has 1 aromatic carbocycles. The highest BCUT2D eigenvalue weighted by molar-refractivity contribution is 7.53. The van der Waals surface area contributed by atoms with Crippen molar-refractivity contribution >= 4 is 36.5 Å². The number of nitrogens with zero attached hydrogens (tertiary/aromatic N) is 4. The second kappa shape index (κ2) is 18.2. The number of hydrogen-bond donors (Lipinski definition) is 2. The number of carbonyl (C=O) groups is 2. The molecule has 3 atom stereocenters. The molecule has 0 fully saturated rings. The third-order valence-electron chi connectivity index (χ3n) is 7.14. The summed E-state index contributed by atoms with van der Waals surface area (Å²) in [6.07, 6.45) is 3.29. The van der Waals surface area contributed by atoms with Crippen LogP contribution < -0.4 is 11.5 Å². The van der Waals surface area contributed by atoms with Crippen LogP contribution in [-0.2, 0) is 50.4 Å². The fourth-order valence-corrected chi connectivity index (χ4v) is 5.67. The van der Waals surface area contributed by atoms with Crippen LogP contribution in [0.2, 0.25) is 0 Å². The van der Waals surface area contributed by atoms with Gasteiger partial charge >= 0.3 is 19.5 Å². The molecule has 0 aliphatic carbocycles. The van der Waals surface area contributed by atoms with E-state index >= 15 is 0 Å². The molecule has 0 bridgehead atoms. The summed E-state index contributed by atoms with van der Waals surface area (Å²) in [4.78, 5) is 36.9. The molecule has 0 radical (unpaired) electrons. The van der Waals surface area contributed by atoms with Crippen molar-refractivity contribution in [1.82, 2.24) is 19.5 Å². The molecular formula is C31H46FN6O8P. The Kier molecular flexibility index (Phi) is 14.7. The zero-order valence-corrected chi connectivity index (χ0v) is 28.5. The predicted molar refractivity (Wildman–Crippen MR) is 173 cm³/mol. The van der Waals surface area contributed by atoms with E-state index in [0.717, 1.165) is 0 Å². The Hall–Kier alpha value is -3.49. The number of aromatic nitrogens is 4. The zero-order chi connectivity index (χ0) is 34.6. The second-order valence-electron chi connectivity index (χ2n) is 11.8. The Labute approximate surface area is 274 Å². The minimum Gasteiger partial charge on any atom is -0.464 e. The number of fused-ring (bicyclic) bond motifs is 1. The van der Waals surface area contributed by atoms with Gasteiger partial charge in [-0.15, -0.1) is 0 Å². The Balaban J connectivity index is 1.51. The number of imidazole rings is 1. The number of rotatable bonds is 20. The van der Waals surface area contributed by atoms with Crippen LogP contribution in [0.15, 0.2) is 30.9 Å². The van der Waals surface area contributed by atoms with E-state index in [1.54, 1.807) is 30.0 Å². The van der Waals surface area contributed by atoms with Crippen LogP contribution in [0.4, 0.5) is 10.2 Å². The number of halogens is 1. The molecule has 4 N–H and O–H groups in total. The zero-order valence-electron chi connectivity index (χ0n) is 27.6. The van der Waals surface area contributed by atoms with Crippen LogP contribution >= 0.6 is 7.60 Å². The average Bonchev–Trinajstić information content (AvgIpc) is 3.45. The first-order valence-corrected chi connectivity index (χ1v) is 17.3. The van der Waals surface area contributed by atoms with Crippen molar-refractivity contribution in [1.29, 1.82) is 0 Å². The minimum absolute atomic E-state index is 0.00729. The molecule has 260 valence electrons. The second-order valence-corrected chi connectivity index (χ2v) is 13.8. The molecule has 0 aliphatic rings. The Bertz CT molecular complexity index is 1520. The van der Waals surface area contributed by atoms with Crippen LogP contribution in [0.3, 0.4) is 0 Å². The Morgan fingerprint density at radius 2 is 1.68 bits per heavy atom. The first-order chi connectivity index (χ1) is 22.3. The van der Waals surface area contributed by atoms with Gasteiger partial charge in [-0.25, -0.2) is 19.3 Å². The molecule has 2 heterocycles. The lowest BCUT2D eigenvalue weighted by Gasteiger charge is -2.20. The summed E-state index contributed by atoms with van der Waals surface area (Å²) in [6.45, 7) is 9.13. The van der Waals surface area contributed by atoms with Gasteiger partial charge in [0.15, 0.2) is 11.5 Å². The quantitative estimate of drug-likeness (QED) is 0.0980. The van der Waals surface area contributed by atoms with Crippen LogP contribution in [0.5, 0.6) is 0 Å². The van der Waals surface area contributed by atoms with E-state index in [1.807, 2.05) is 27.7 Å². The van der Waals surface area contributed by atoms with Gasteiger partial charge in [0.2, 0.25) is 0 Å². The summed E-state index contributed by atoms with van der Waals surface area (Å²) >= 11 is 0. The van der Waals surface area contributed by atoms with Gasteiger partial charge in [-0.05, 0) is 42.4 Å². The van der Waals surface area contributed by atoms with Crippen molar-refractivity contribution in [3.63, 3.8) is 0 Å². The van der Waals surface area contributed by atoms with Gasteiger partial charge in [0.1, 0.15) is 36.7 Å². The Morgan fingerprint density at radius 3 is 2.38 bits per heavy atom. The normalized spacial score (nSPS) is 14.3. The summed E-state index contributed by atoms with van der Waals surface area (Å²) < 4.78 is 57.0.